The monoisotopic (exact) mass is 210 g/mol. The lowest BCUT2D eigenvalue weighted by Gasteiger charge is -2.10. The van der Waals surface area contributed by atoms with Crippen LogP contribution in [-0.4, -0.2) is 28.3 Å². The molecule has 7 heteroatoms. The molecule has 78 valence electrons. The topological polar surface area (TPSA) is 119 Å². The summed E-state index contributed by atoms with van der Waals surface area (Å²) in [5.74, 6) is -0.784. The van der Waals surface area contributed by atoms with Crippen molar-refractivity contribution < 1.29 is 19.1 Å². The Labute approximate surface area is 77.9 Å². The zero-order chi connectivity index (χ0) is 10.3. The molecule has 0 bridgehead atoms. The van der Waals surface area contributed by atoms with Crippen LogP contribution in [-0.2, 0) is 9.32 Å². The molecular weight excluding hydrogens is 195 g/mol. The molecule has 13 heavy (non-hydrogen) atoms. The second-order valence-corrected chi connectivity index (χ2v) is 3.24. The first kappa shape index (κ1) is 12.7. The van der Waals surface area contributed by atoms with E-state index in [-0.39, 0.29) is 0 Å². The zero-order valence-electron chi connectivity index (χ0n) is 7.22. The molecule has 0 heterocycles. The van der Waals surface area contributed by atoms with E-state index in [4.69, 9.17) is 21.3 Å². The molecule has 6 nitrogen and oxygen atoms in total. The number of carbonyl (C=O) groups is 1. The van der Waals surface area contributed by atoms with E-state index in [0.717, 1.165) is 12.8 Å². The fourth-order valence-corrected chi connectivity index (χ4v) is 1.07. The van der Waals surface area contributed by atoms with E-state index < -0.39 is 20.6 Å². The van der Waals surface area contributed by atoms with E-state index in [9.17, 15) is 4.79 Å². The predicted molar refractivity (Wildman–Crippen MR) is 48.3 cm³/mol. The quantitative estimate of drug-likeness (QED) is 0.336. The van der Waals surface area contributed by atoms with Crippen LogP contribution in [0.1, 0.15) is 19.3 Å². The van der Waals surface area contributed by atoms with Gasteiger partial charge in [-0.15, -0.1) is 0 Å². The zero-order valence-corrected chi connectivity index (χ0v) is 8.11. The van der Waals surface area contributed by atoms with Crippen molar-refractivity contribution in [2.24, 2.45) is 11.5 Å². The summed E-state index contributed by atoms with van der Waals surface area (Å²) in [4.78, 5) is 27.6. The molecule has 0 radical (unpaired) electrons. The maximum Gasteiger partial charge on any atom is 0.393 e. The van der Waals surface area contributed by atoms with Gasteiger partial charge in [-0.05, 0) is 19.4 Å². The number of carbonyl (C=O) groups excluding carboxylic acids is 1. The first-order chi connectivity index (χ1) is 6.07. The van der Waals surface area contributed by atoms with Crippen LogP contribution < -0.4 is 11.5 Å². The summed E-state index contributed by atoms with van der Waals surface area (Å²) in [5.41, 5.74) is 10.6. The van der Waals surface area contributed by atoms with Crippen molar-refractivity contribution in [3.63, 3.8) is 0 Å². The minimum absolute atomic E-state index is 0.444. The second kappa shape index (κ2) is 7.17. The van der Waals surface area contributed by atoms with Crippen LogP contribution in [0.5, 0.6) is 0 Å². The molecule has 0 aliphatic rings. The van der Waals surface area contributed by atoms with E-state index in [2.05, 4.69) is 4.52 Å². The highest BCUT2D eigenvalue weighted by atomic mass is 31.2. The van der Waals surface area contributed by atoms with Crippen LogP contribution in [0.4, 0.5) is 0 Å². The van der Waals surface area contributed by atoms with Crippen LogP contribution in [0.3, 0.4) is 0 Å². The summed E-state index contributed by atoms with van der Waals surface area (Å²) in [5, 5.41) is 0. The van der Waals surface area contributed by atoms with Gasteiger partial charge in [-0.1, -0.05) is 6.42 Å². The van der Waals surface area contributed by atoms with Crippen molar-refractivity contribution in [3.05, 3.63) is 0 Å². The van der Waals surface area contributed by atoms with Crippen molar-refractivity contribution in [2.45, 2.75) is 25.3 Å². The van der Waals surface area contributed by atoms with Crippen LogP contribution in [0.25, 0.3) is 0 Å². The molecule has 6 N–H and O–H groups in total. The molecule has 0 aromatic rings. The van der Waals surface area contributed by atoms with Gasteiger partial charge in [-0.25, -0.2) is 0 Å². The highest BCUT2D eigenvalue weighted by Gasteiger charge is 2.17. The Hall–Kier alpha value is -0.260. The lowest BCUT2D eigenvalue weighted by Crippen LogP contribution is -2.31. The van der Waals surface area contributed by atoms with Crippen molar-refractivity contribution in [2.75, 3.05) is 6.54 Å². The highest BCUT2D eigenvalue weighted by molar-refractivity contribution is 7.40. The van der Waals surface area contributed by atoms with E-state index in [1.807, 2.05) is 0 Å². The fourth-order valence-electron chi connectivity index (χ4n) is 0.775. The maximum absolute atomic E-state index is 10.9. The highest BCUT2D eigenvalue weighted by Crippen LogP contribution is 2.25. The summed E-state index contributed by atoms with van der Waals surface area (Å²) in [6, 6.07) is -0.796. The number of nitrogens with two attached hydrogens (primary N) is 2. The molecule has 1 atom stereocenters. The smallest absolute Gasteiger partial charge is 0.393 e. The van der Waals surface area contributed by atoms with Gasteiger partial charge in [0.15, 0.2) is 0 Å². The lowest BCUT2D eigenvalue weighted by atomic mass is 10.1. The summed E-state index contributed by atoms with van der Waals surface area (Å²) < 4.78 is 4.12. The van der Waals surface area contributed by atoms with E-state index in [1.165, 1.54) is 0 Å². The number of unbranched alkanes of at least 4 members (excludes halogenated alkanes) is 1. The minimum Gasteiger partial charge on any atom is -0.393 e. The van der Waals surface area contributed by atoms with E-state index >= 15 is 0 Å². The Morgan fingerprint density at radius 1 is 1.46 bits per heavy atom. The SMILES string of the molecule is NCCCC[C@H](N)C(=O)OP(O)O. The van der Waals surface area contributed by atoms with Crippen LogP contribution in [0.2, 0.25) is 0 Å². The Morgan fingerprint density at radius 2 is 2.08 bits per heavy atom. The van der Waals surface area contributed by atoms with Crippen LogP contribution in [0, 0.1) is 0 Å². The van der Waals surface area contributed by atoms with Gasteiger partial charge in [0.05, 0.1) is 0 Å². The molecule has 0 saturated carbocycles. The summed E-state index contributed by atoms with van der Waals surface area (Å²) in [6.07, 6.45) is 1.95. The molecule has 0 aromatic carbocycles. The standard InChI is InChI=1S/C6H15N2O4P/c7-4-2-1-3-5(8)6(9)12-13(10)11/h5,10-11H,1-4,7-8H2/t5-/m0/s1. The normalized spacial score (nSPS) is 13.0. The average Bonchev–Trinajstić information content (AvgIpc) is 2.03. The molecule has 0 amide bonds. The van der Waals surface area contributed by atoms with Crippen LogP contribution >= 0.6 is 8.60 Å². The van der Waals surface area contributed by atoms with Gasteiger partial charge in [-0.3, -0.25) is 4.79 Å². The predicted octanol–water partition coefficient (Wildman–Crippen LogP) is -0.803. The third-order valence-corrected chi connectivity index (χ3v) is 1.79. The Bertz CT molecular complexity index is 156. The average molecular weight is 210 g/mol. The molecule has 0 aromatic heterocycles. The largest absolute Gasteiger partial charge is 0.393 e. The first-order valence-electron chi connectivity index (χ1n) is 3.93. The number of hydrogen-bond donors (Lipinski definition) is 4. The molecule has 0 aliphatic heterocycles. The maximum atomic E-state index is 10.9. The van der Waals surface area contributed by atoms with Crippen molar-refractivity contribution >= 4 is 14.6 Å². The molecule has 0 unspecified atom stereocenters. The number of hydrogen-bond acceptors (Lipinski definition) is 6. The summed E-state index contributed by atoms with van der Waals surface area (Å²) >= 11 is 0. The Kier molecular flexibility index (Phi) is 7.03. The van der Waals surface area contributed by atoms with Gasteiger partial charge in [0.2, 0.25) is 0 Å². The molecule has 0 rings (SSSR count). The van der Waals surface area contributed by atoms with Gasteiger partial charge < -0.3 is 25.8 Å². The molecular formula is C6H15N2O4P. The molecule has 0 aliphatic carbocycles. The van der Waals surface area contributed by atoms with Crippen molar-refractivity contribution in [1.82, 2.24) is 0 Å². The van der Waals surface area contributed by atoms with Gasteiger partial charge in [0, 0.05) is 0 Å². The van der Waals surface area contributed by atoms with Gasteiger partial charge in [-0.2, -0.15) is 0 Å². The lowest BCUT2D eigenvalue weighted by molar-refractivity contribution is -0.136. The van der Waals surface area contributed by atoms with Crippen LogP contribution in [0.15, 0.2) is 0 Å². The molecule has 0 spiro atoms. The Balaban J connectivity index is 3.57. The first-order valence-corrected chi connectivity index (χ1v) is 5.09. The van der Waals surface area contributed by atoms with Crippen molar-refractivity contribution in [3.8, 4) is 0 Å². The third-order valence-electron chi connectivity index (χ3n) is 1.44. The minimum atomic E-state index is -2.65. The Morgan fingerprint density at radius 3 is 2.54 bits per heavy atom. The third kappa shape index (κ3) is 6.86. The van der Waals surface area contributed by atoms with E-state index in [1.54, 1.807) is 0 Å². The van der Waals surface area contributed by atoms with Gasteiger partial charge >= 0.3 is 14.6 Å². The van der Waals surface area contributed by atoms with Gasteiger partial charge in [0.1, 0.15) is 6.04 Å². The van der Waals surface area contributed by atoms with E-state index in [0.29, 0.717) is 13.0 Å². The fraction of sp³-hybridized carbons (Fsp3) is 0.833. The number of rotatable bonds is 6. The molecule has 0 saturated heterocycles. The van der Waals surface area contributed by atoms with Crippen molar-refractivity contribution in [1.29, 1.82) is 0 Å². The second-order valence-electron chi connectivity index (χ2n) is 2.55. The van der Waals surface area contributed by atoms with Gasteiger partial charge in [0.25, 0.3) is 0 Å². The molecule has 0 fully saturated rings. The summed E-state index contributed by atoms with van der Waals surface area (Å²) in [7, 11) is -2.65. The summed E-state index contributed by atoms with van der Waals surface area (Å²) in [6.45, 7) is 0.550.